The fraction of sp³-hybridized carbons (Fsp3) is 0.400. The molecule has 0 nitrogen and oxygen atoms in total. The molecular formula is C10H11I. The quantitative estimate of drug-likeness (QED) is 0.627. The van der Waals surface area contributed by atoms with E-state index in [9.17, 15) is 0 Å². The first-order chi connectivity index (χ1) is 5.29. The van der Waals surface area contributed by atoms with Gasteiger partial charge in [-0.1, -0.05) is 6.07 Å². The summed E-state index contributed by atoms with van der Waals surface area (Å²) in [5.74, 6) is 0. The van der Waals surface area contributed by atoms with Crippen LogP contribution in [0.4, 0.5) is 0 Å². The Hall–Kier alpha value is -0.0500. The second-order valence-corrected chi connectivity index (χ2v) is 4.34. The summed E-state index contributed by atoms with van der Waals surface area (Å²) in [6.07, 6.45) is 3.96. The Bertz CT molecular complexity index is 260. The van der Waals surface area contributed by atoms with E-state index in [-0.39, 0.29) is 0 Å². The van der Waals surface area contributed by atoms with Crippen molar-refractivity contribution in [3.05, 3.63) is 32.4 Å². The zero-order valence-corrected chi connectivity index (χ0v) is 8.81. The molecule has 0 N–H and O–H groups in total. The predicted molar refractivity (Wildman–Crippen MR) is 55.9 cm³/mol. The molecule has 0 amide bonds. The summed E-state index contributed by atoms with van der Waals surface area (Å²) in [5.41, 5.74) is 4.72. The lowest BCUT2D eigenvalue weighted by Crippen LogP contribution is -1.89. The molecule has 2 rings (SSSR count). The van der Waals surface area contributed by atoms with Crippen molar-refractivity contribution < 1.29 is 0 Å². The van der Waals surface area contributed by atoms with Gasteiger partial charge in [-0.3, -0.25) is 0 Å². The molecule has 1 aliphatic carbocycles. The molecule has 0 aliphatic heterocycles. The van der Waals surface area contributed by atoms with Crippen LogP contribution in [0.1, 0.15) is 23.1 Å². The van der Waals surface area contributed by atoms with E-state index in [1.165, 1.54) is 28.4 Å². The Morgan fingerprint density at radius 1 is 1.18 bits per heavy atom. The molecule has 0 heterocycles. The van der Waals surface area contributed by atoms with Gasteiger partial charge in [0.15, 0.2) is 0 Å². The fourth-order valence-corrected chi connectivity index (χ4v) is 2.62. The number of halogens is 1. The van der Waals surface area contributed by atoms with Gasteiger partial charge >= 0.3 is 0 Å². The van der Waals surface area contributed by atoms with Crippen LogP contribution < -0.4 is 0 Å². The van der Waals surface area contributed by atoms with Crippen LogP contribution in [0.25, 0.3) is 0 Å². The fourth-order valence-electron chi connectivity index (χ4n) is 1.84. The molecule has 0 spiro atoms. The lowest BCUT2D eigenvalue weighted by Gasteiger charge is -2.04. The minimum absolute atomic E-state index is 1.30. The summed E-state index contributed by atoms with van der Waals surface area (Å²) in [6, 6.07) is 4.48. The maximum Gasteiger partial charge on any atom is 0.0165 e. The molecule has 0 fully saturated rings. The molecule has 1 aromatic carbocycles. The molecule has 0 atom stereocenters. The maximum absolute atomic E-state index is 2.44. The molecule has 0 radical (unpaired) electrons. The average Bonchev–Trinajstić information content (AvgIpc) is 2.45. The van der Waals surface area contributed by atoms with Crippen molar-refractivity contribution in [3.8, 4) is 0 Å². The van der Waals surface area contributed by atoms with E-state index in [2.05, 4.69) is 41.6 Å². The van der Waals surface area contributed by atoms with Crippen LogP contribution in [0, 0.1) is 10.5 Å². The van der Waals surface area contributed by atoms with Crippen LogP contribution in [-0.2, 0) is 12.8 Å². The summed E-state index contributed by atoms with van der Waals surface area (Å²) in [7, 11) is 0. The van der Waals surface area contributed by atoms with Gasteiger partial charge in [-0.05, 0) is 71.5 Å². The van der Waals surface area contributed by atoms with Gasteiger partial charge in [0, 0.05) is 3.57 Å². The van der Waals surface area contributed by atoms with Gasteiger partial charge in [-0.25, -0.2) is 0 Å². The highest BCUT2D eigenvalue weighted by atomic mass is 127. The second-order valence-electron chi connectivity index (χ2n) is 3.17. The van der Waals surface area contributed by atoms with Crippen LogP contribution in [0.5, 0.6) is 0 Å². The molecule has 0 bridgehead atoms. The molecular weight excluding hydrogens is 247 g/mol. The Kier molecular flexibility index (Phi) is 1.91. The smallest absolute Gasteiger partial charge is 0.0165 e. The highest BCUT2D eigenvalue weighted by Gasteiger charge is 2.14. The average molecular weight is 258 g/mol. The van der Waals surface area contributed by atoms with Crippen LogP contribution in [0.2, 0.25) is 0 Å². The summed E-state index contributed by atoms with van der Waals surface area (Å²) >= 11 is 2.44. The lowest BCUT2D eigenvalue weighted by atomic mass is 10.1. The summed E-state index contributed by atoms with van der Waals surface area (Å²) in [4.78, 5) is 0. The number of hydrogen-bond donors (Lipinski definition) is 0. The SMILES string of the molecule is Cc1ccc(I)c2c1CCC2. The zero-order chi connectivity index (χ0) is 7.84. The summed E-state index contributed by atoms with van der Waals surface area (Å²) < 4.78 is 1.46. The van der Waals surface area contributed by atoms with E-state index in [0.717, 1.165) is 0 Å². The van der Waals surface area contributed by atoms with Crippen LogP contribution >= 0.6 is 22.6 Å². The Morgan fingerprint density at radius 3 is 2.64 bits per heavy atom. The van der Waals surface area contributed by atoms with Crippen LogP contribution in [-0.4, -0.2) is 0 Å². The van der Waals surface area contributed by atoms with Crippen molar-refractivity contribution in [2.24, 2.45) is 0 Å². The summed E-state index contributed by atoms with van der Waals surface area (Å²) in [6.45, 7) is 2.22. The lowest BCUT2D eigenvalue weighted by molar-refractivity contribution is 0.908. The van der Waals surface area contributed by atoms with Crippen molar-refractivity contribution in [3.63, 3.8) is 0 Å². The van der Waals surface area contributed by atoms with E-state index in [1.54, 1.807) is 11.1 Å². The molecule has 58 valence electrons. The first-order valence-electron chi connectivity index (χ1n) is 4.06. The van der Waals surface area contributed by atoms with Crippen molar-refractivity contribution in [1.29, 1.82) is 0 Å². The van der Waals surface area contributed by atoms with Gasteiger partial charge in [0.25, 0.3) is 0 Å². The standard InChI is InChI=1S/C10H11I/c1-7-5-6-10(11)9-4-2-3-8(7)9/h5-6H,2-4H2,1H3. The Balaban J connectivity index is 2.64. The van der Waals surface area contributed by atoms with E-state index >= 15 is 0 Å². The first-order valence-corrected chi connectivity index (χ1v) is 5.14. The zero-order valence-electron chi connectivity index (χ0n) is 6.65. The summed E-state index contributed by atoms with van der Waals surface area (Å²) in [5, 5.41) is 0. The topological polar surface area (TPSA) is 0 Å². The highest BCUT2D eigenvalue weighted by molar-refractivity contribution is 14.1. The second kappa shape index (κ2) is 2.77. The molecule has 11 heavy (non-hydrogen) atoms. The van der Waals surface area contributed by atoms with Crippen molar-refractivity contribution in [1.82, 2.24) is 0 Å². The van der Waals surface area contributed by atoms with Gasteiger partial charge in [0.05, 0.1) is 0 Å². The van der Waals surface area contributed by atoms with E-state index in [4.69, 9.17) is 0 Å². The molecule has 0 aromatic heterocycles. The molecule has 1 heteroatoms. The van der Waals surface area contributed by atoms with E-state index in [0.29, 0.717) is 0 Å². The van der Waals surface area contributed by atoms with Crippen molar-refractivity contribution in [2.45, 2.75) is 26.2 Å². The predicted octanol–water partition coefficient (Wildman–Crippen LogP) is 3.09. The number of hydrogen-bond acceptors (Lipinski definition) is 0. The maximum atomic E-state index is 2.44. The van der Waals surface area contributed by atoms with Crippen molar-refractivity contribution in [2.75, 3.05) is 0 Å². The normalized spacial score (nSPS) is 15.1. The molecule has 0 unspecified atom stereocenters. The van der Waals surface area contributed by atoms with Gasteiger partial charge < -0.3 is 0 Å². The van der Waals surface area contributed by atoms with Gasteiger partial charge in [0.1, 0.15) is 0 Å². The minimum Gasteiger partial charge on any atom is -0.0580 e. The number of aryl methyl sites for hydroxylation is 1. The van der Waals surface area contributed by atoms with Crippen molar-refractivity contribution >= 4 is 22.6 Å². The monoisotopic (exact) mass is 258 g/mol. The number of benzene rings is 1. The van der Waals surface area contributed by atoms with Gasteiger partial charge in [-0.2, -0.15) is 0 Å². The Labute approximate surface area is 81.1 Å². The van der Waals surface area contributed by atoms with E-state index in [1.807, 2.05) is 0 Å². The molecule has 0 saturated heterocycles. The van der Waals surface area contributed by atoms with Gasteiger partial charge in [-0.15, -0.1) is 0 Å². The molecule has 1 aromatic rings. The highest BCUT2D eigenvalue weighted by Crippen LogP contribution is 2.28. The third-order valence-electron chi connectivity index (χ3n) is 2.46. The Morgan fingerprint density at radius 2 is 1.91 bits per heavy atom. The van der Waals surface area contributed by atoms with E-state index < -0.39 is 0 Å². The minimum atomic E-state index is 1.30. The van der Waals surface area contributed by atoms with Crippen LogP contribution in [0.3, 0.4) is 0 Å². The third kappa shape index (κ3) is 1.19. The molecule has 1 aliphatic rings. The third-order valence-corrected chi connectivity index (χ3v) is 3.47. The number of fused-ring (bicyclic) bond motifs is 1. The van der Waals surface area contributed by atoms with Gasteiger partial charge in [0.2, 0.25) is 0 Å². The first kappa shape index (κ1) is 7.59. The molecule has 0 saturated carbocycles. The van der Waals surface area contributed by atoms with Crippen LogP contribution in [0.15, 0.2) is 12.1 Å². The number of rotatable bonds is 0. The largest absolute Gasteiger partial charge is 0.0580 e.